The van der Waals surface area contributed by atoms with Crippen LogP contribution in [0.25, 0.3) is 0 Å². The smallest absolute Gasteiger partial charge is 0.123 e. The molecule has 0 spiro atoms. The van der Waals surface area contributed by atoms with E-state index < -0.39 is 0 Å². The van der Waals surface area contributed by atoms with Crippen LogP contribution in [0.5, 0.6) is 0 Å². The second-order valence-electron chi connectivity index (χ2n) is 4.09. The molecule has 4 nitrogen and oxygen atoms in total. The van der Waals surface area contributed by atoms with E-state index in [1.807, 2.05) is 30.1 Å². The Balaban J connectivity index is 2.01. The molecular formula is C13H19N3O. The Bertz CT molecular complexity index is 485. The average Bonchev–Trinajstić information content (AvgIpc) is 2.92. The van der Waals surface area contributed by atoms with Crippen molar-refractivity contribution in [2.24, 2.45) is 7.05 Å². The molecule has 0 saturated carbocycles. The van der Waals surface area contributed by atoms with Gasteiger partial charge in [0.25, 0.3) is 0 Å². The van der Waals surface area contributed by atoms with Crippen LogP contribution < -0.4 is 5.32 Å². The van der Waals surface area contributed by atoms with Crippen LogP contribution in [0.2, 0.25) is 0 Å². The van der Waals surface area contributed by atoms with Crippen LogP contribution in [0.3, 0.4) is 0 Å². The summed E-state index contributed by atoms with van der Waals surface area (Å²) in [6.45, 7) is 4.90. The largest absolute Gasteiger partial charge is 0.464 e. The predicted octanol–water partition coefficient (Wildman–Crippen LogP) is 2.75. The van der Waals surface area contributed by atoms with Gasteiger partial charge in [0, 0.05) is 19.7 Å². The summed E-state index contributed by atoms with van der Waals surface area (Å²) in [7, 11) is 1.94. The summed E-state index contributed by atoms with van der Waals surface area (Å²) in [6.07, 6.45) is 3.87. The Labute approximate surface area is 102 Å². The lowest BCUT2D eigenvalue weighted by Gasteiger charge is -2.02. The lowest BCUT2D eigenvalue weighted by atomic mass is 10.3. The van der Waals surface area contributed by atoms with Crippen molar-refractivity contribution in [1.29, 1.82) is 0 Å². The molecule has 0 aromatic carbocycles. The number of nitrogens with zero attached hydrogens (tertiary/aromatic N) is 2. The first-order valence-electron chi connectivity index (χ1n) is 6.07. The molecule has 0 atom stereocenters. The average molecular weight is 233 g/mol. The van der Waals surface area contributed by atoms with Gasteiger partial charge in [0.1, 0.15) is 11.5 Å². The van der Waals surface area contributed by atoms with Crippen molar-refractivity contribution in [3.05, 3.63) is 35.5 Å². The quantitative estimate of drug-likeness (QED) is 0.863. The summed E-state index contributed by atoms with van der Waals surface area (Å²) in [5.41, 5.74) is 2.18. The lowest BCUT2D eigenvalue weighted by molar-refractivity contribution is 0.476. The topological polar surface area (TPSA) is 43.0 Å². The summed E-state index contributed by atoms with van der Waals surface area (Å²) in [6, 6.07) is 4.05. The van der Waals surface area contributed by atoms with Crippen LogP contribution >= 0.6 is 0 Å². The molecule has 92 valence electrons. The standard InChI is InChI=1S/C13H19N3O/c1-4-10-6-7-11(17-10)8-14-13-9-16(3)15-12(13)5-2/h6-7,9,14H,4-5,8H2,1-3H3. The van der Waals surface area contributed by atoms with Gasteiger partial charge in [-0.1, -0.05) is 13.8 Å². The van der Waals surface area contributed by atoms with E-state index in [2.05, 4.69) is 24.3 Å². The number of aryl methyl sites for hydroxylation is 3. The van der Waals surface area contributed by atoms with Gasteiger partial charge in [-0.2, -0.15) is 5.10 Å². The maximum Gasteiger partial charge on any atom is 0.123 e. The van der Waals surface area contributed by atoms with Gasteiger partial charge in [-0.05, 0) is 18.6 Å². The first kappa shape index (κ1) is 11.8. The number of hydrogen-bond donors (Lipinski definition) is 1. The molecule has 1 N–H and O–H groups in total. The molecule has 0 unspecified atom stereocenters. The highest BCUT2D eigenvalue weighted by molar-refractivity contribution is 5.46. The Morgan fingerprint density at radius 3 is 2.65 bits per heavy atom. The molecule has 0 amide bonds. The summed E-state index contributed by atoms with van der Waals surface area (Å²) < 4.78 is 7.48. The zero-order valence-electron chi connectivity index (χ0n) is 10.7. The summed E-state index contributed by atoms with van der Waals surface area (Å²) in [5.74, 6) is 2.00. The minimum atomic E-state index is 0.707. The highest BCUT2D eigenvalue weighted by Gasteiger charge is 2.06. The Kier molecular flexibility index (Phi) is 3.52. The fourth-order valence-electron chi connectivity index (χ4n) is 1.83. The summed E-state index contributed by atoms with van der Waals surface area (Å²) >= 11 is 0. The molecule has 17 heavy (non-hydrogen) atoms. The molecule has 0 saturated heterocycles. The van der Waals surface area contributed by atoms with Gasteiger partial charge in [0.05, 0.1) is 17.9 Å². The van der Waals surface area contributed by atoms with Gasteiger partial charge in [-0.3, -0.25) is 4.68 Å². The van der Waals surface area contributed by atoms with Crippen molar-refractivity contribution < 1.29 is 4.42 Å². The minimum Gasteiger partial charge on any atom is -0.464 e. The van der Waals surface area contributed by atoms with Gasteiger partial charge in [0.15, 0.2) is 0 Å². The summed E-state index contributed by atoms with van der Waals surface area (Å²) in [4.78, 5) is 0. The van der Waals surface area contributed by atoms with E-state index in [9.17, 15) is 0 Å². The van der Waals surface area contributed by atoms with Crippen molar-refractivity contribution in [3.63, 3.8) is 0 Å². The van der Waals surface area contributed by atoms with E-state index >= 15 is 0 Å². The van der Waals surface area contributed by atoms with Gasteiger partial charge in [0.2, 0.25) is 0 Å². The molecular weight excluding hydrogens is 214 g/mol. The van der Waals surface area contributed by atoms with Crippen LogP contribution in [-0.4, -0.2) is 9.78 Å². The molecule has 0 fully saturated rings. The molecule has 2 heterocycles. The van der Waals surface area contributed by atoms with Crippen LogP contribution in [0.4, 0.5) is 5.69 Å². The number of rotatable bonds is 5. The monoisotopic (exact) mass is 233 g/mol. The van der Waals surface area contributed by atoms with Gasteiger partial charge in [-0.15, -0.1) is 0 Å². The Morgan fingerprint density at radius 2 is 2.00 bits per heavy atom. The van der Waals surface area contributed by atoms with Crippen molar-refractivity contribution in [2.75, 3.05) is 5.32 Å². The first-order valence-corrected chi connectivity index (χ1v) is 6.07. The van der Waals surface area contributed by atoms with E-state index in [0.717, 1.165) is 35.7 Å². The molecule has 2 aromatic rings. The molecule has 0 aliphatic rings. The molecule has 0 bridgehead atoms. The molecule has 4 heteroatoms. The van der Waals surface area contributed by atoms with Gasteiger partial charge < -0.3 is 9.73 Å². The third-order valence-corrected chi connectivity index (χ3v) is 2.76. The lowest BCUT2D eigenvalue weighted by Crippen LogP contribution is -1.99. The Morgan fingerprint density at radius 1 is 1.24 bits per heavy atom. The van der Waals surface area contributed by atoms with Gasteiger partial charge in [-0.25, -0.2) is 0 Å². The Hall–Kier alpha value is -1.71. The summed E-state index contributed by atoms with van der Waals surface area (Å²) in [5, 5.41) is 7.75. The molecule has 2 aromatic heterocycles. The van der Waals surface area contributed by atoms with E-state index in [1.54, 1.807) is 0 Å². The zero-order chi connectivity index (χ0) is 12.3. The first-order chi connectivity index (χ1) is 8.22. The molecule has 0 aliphatic heterocycles. The van der Waals surface area contributed by atoms with Crippen LogP contribution in [-0.2, 0) is 26.4 Å². The van der Waals surface area contributed by atoms with E-state index in [0.29, 0.717) is 6.54 Å². The fraction of sp³-hybridized carbons (Fsp3) is 0.462. The maximum absolute atomic E-state index is 5.65. The number of nitrogens with one attached hydrogen (secondary N) is 1. The fourth-order valence-corrected chi connectivity index (χ4v) is 1.83. The third-order valence-electron chi connectivity index (χ3n) is 2.76. The zero-order valence-corrected chi connectivity index (χ0v) is 10.7. The van der Waals surface area contributed by atoms with E-state index in [4.69, 9.17) is 4.42 Å². The molecule has 2 rings (SSSR count). The second-order valence-corrected chi connectivity index (χ2v) is 4.09. The van der Waals surface area contributed by atoms with Crippen LogP contribution in [0.1, 0.15) is 31.1 Å². The highest BCUT2D eigenvalue weighted by Crippen LogP contribution is 2.16. The van der Waals surface area contributed by atoms with Crippen molar-refractivity contribution in [1.82, 2.24) is 9.78 Å². The second kappa shape index (κ2) is 5.08. The maximum atomic E-state index is 5.65. The van der Waals surface area contributed by atoms with Crippen molar-refractivity contribution >= 4 is 5.69 Å². The van der Waals surface area contributed by atoms with E-state index in [1.165, 1.54) is 0 Å². The SMILES string of the molecule is CCc1ccc(CNc2cn(C)nc2CC)o1. The van der Waals surface area contributed by atoms with Crippen molar-refractivity contribution in [2.45, 2.75) is 33.2 Å². The van der Waals surface area contributed by atoms with Gasteiger partial charge >= 0.3 is 0 Å². The predicted molar refractivity (Wildman–Crippen MR) is 68.0 cm³/mol. The van der Waals surface area contributed by atoms with Crippen molar-refractivity contribution in [3.8, 4) is 0 Å². The minimum absolute atomic E-state index is 0.707. The number of aromatic nitrogens is 2. The highest BCUT2D eigenvalue weighted by atomic mass is 16.3. The van der Waals surface area contributed by atoms with E-state index in [-0.39, 0.29) is 0 Å². The number of furan rings is 1. The molecule has 0 aliphatic carbocycles. The number of hydrogen-bond acceptors (Lipinski definition) is 3. The van der Waals surface area contributed by atoms with Crippen LogP contribution in [0.15, 0.2) is 22.7 Å². The number of anilines is 1. The normalized spacial score (nSPS) is 10.8. The van der Waals surface area contributed by atoms with Crippen LogP contribution in [0, 0.1) is 0 Å². The molecule has 0 radical (unpaired) electrons. The third kappa shape index (κ3) is 2.70.